The number of imidazole rings is 1. The van der Waals surface area contributed by atoms with Gasteiger partial charge < -0.3 is 4.98 Å². The standard InChI is InChI=1S/C7H10N2/c1-3-4-7-6(2)8-5-9-7/h3-5H,1-2H3,(H,8,9)/b4-3-. The van der Waals surface area contributed by atoms with E-state index in [0.29, 0.717) is 0 Å². The molecule has 0 radical (unpaired) electrons. The van der Waals surface area contributed by atoms with Gasteiger partial charge in [0, 0.05) is 5.69 Å². The summed E-state index contributed by atoms with van der Waals surface area (Å²) in [5.74, 6) is 0. The Morgan fingerprint density at radius 3 is 2.89 bits per heavy atom. The Kier molecular flexibility index (Phi) is 1.68. The summed E-state index contributed by atoms with van der Waals surface area (Å²) in [6.45, 7) is 3.98. The predicted molar refractivity (Wildman–Crippen MR) is 38.0 cm³/mol. The van der Waals surface area contributed by atoms with E-state index in [-0.39, 0.29) is 0 Å². The predicted octanol–water partition coefficient (Wildman–Crippen LogP) is 1.75. The summed E-state index contributed by atoms with van der Waals surface area (Å²) in [4.78, 5) is 7.05. The van der Waals surface area contributed by atoms with Crippen molar-refractivity contribution in [2.24, 2.45) is 0 Å². The number of aryl methyl sites for hydroxylation is 1. The molecule has 0 aromatic carbocycles. The van der Waals surface area contributed by atoms with Gasteiger partial charge in [0.25, 0.3) is 0 Å². The maximum absolute atomic E-state index is 4.06. The Bertz CT molecular complexity index is 210. The molecule has 0 atom stereocenters. The third-order valence-electron chi connectivity index (χ3n) is 1.19. The van der Waals surface area contributed by atoms with Gasteiger partial charge >= 0.3 is 0 Å². The first-order valence-electron chi connectivity index (χ1n) is 2.97. The Morgan fingerprint density at radius 2 is 2.44 bits per heavy atom. The van der Waals surface area contributed by atoms with Gasteiger partial charge in [-0.05, 0) is 19.9 Å². The van der Waals surface area contributed by atoms with Crippen molar-refractivity contribution in [3.63, 3.8) is 0 Å². The van der Waals surface area contributed by atoms with Crippen LogP contribution in [0.1, 0.15) is 18.3 Å². The number of hydrogen-bond donors (Lipinski definition) is 1. The van der Waals surface area contributed by atoms with E-state index in [0.717, 1.165) is 11.4 Å². The molecule has 0 unspecified atom stereocenters. The van der Waals surface area contributed by atoms with Crippen LogP contribution in [-0.2, 0) is 0 Å². The van der Waals surface area contributed by atoms with Crippen LogP contribution in [0.3, 0.4) is 0 Å². The van der Waals surface area contributed by atoms with Gasteiger partial charge in [0.2, 0.25) is 0 Å². The van der Waals surface area contributed by atoms with E-state index < -0.39 is 0 Å². The van der Waals surface area contributed by atoms with E-state index in [1.54, 1.807) is 6.33 Å². The third kappa shape index (κ3) is 1.19. The van der Waals surface area contributed by atoms with Gasteiger partial charge in [-0.2, -0.15) is 0 Å². The Morgan fingerprint density at radius 1 is 1.67 bits per heavy atom. The van der Waals surface area contributed by atoms with Crippen molar-refractivity contribution in [2.45, 2.75) is 13.8 Å². The lowest BCUT2D eigenvalue weighted by atomic mass is 10.3. The summed E-state index contributed by atoms with van der Waals surface area (Å²) in [6, 6.07) is 0. The SMILES string of the molecule is C/C=C\c1nc[nH]c1C. The Balaban J connectivity index is 2.94. The second-order valence-electron chi connectivity index (χ2n) is 1.91. The molecule has 1 aromatic heterocycles. The second kappa shape index (κ2) is 2.49. The molecular formula is C7H10N2. The van der Waals surface area contributed by atoms with Crippen LogP contribution in [0.25, 0.3) is 6.08 Å². The molecule has 1 aromatic rings. The highest BCUT2D eigenvalue weighted by Crippen LogP contribution is 2.01. The molecule has 0 aliphatic heterocycles. The summed E-state index contributed by atoms with van der Waals surface area (Å²) in [5, 5.41) is 0. The lowest BCUT2D eigenvalue weighted by Crippen LogP contribution is -1.73. The highest BCUT2D eigenvalue weighted by Gasteiger charge is 1.91. The van der Waals surface area contributed by atoms with Crippen molar-refractivity contribution in [3.05, 3.63) is 23.8 Å². The largest absolute Gasteiger partial charge is 0.348 e. The van der Waals surface area contributed by atoms with E-state index in [4.69, 9.17) is 0 Å². The molecule has 0 amide bonds. The maximum atomic E-state index is 4.06. The molecule has 0 fully saturated rings. The number of rotatable bonds is 1. The van der Waals surface area contributed by atoms with Gasteiger partial charge in [-0.3, -0.25) is 0 Å². The molecule has 48 valence electrons. The molecule has 9 heavy (non-hydrogen) atoms. The van der Waals surface area contributed by atoms with Crippen molar-refractivity contribution in [2.75, 3.05) is 0 Å². The van der Waals surface area contributed by atoms with Crippen LogP contribution in [0, 0.1) is 6.92 Å². The van der Waals surface area contributed by atoms with Gasteiger partial charge in [0.15, 0.2) is 0 Å². The zero-order valence-electron chi connectivity index (χ0n) is 5.68. The monoisotopic (exact) mass is 122 g/mol. The van der Waals surface area contributed by atoms with Crippen LogP contribution < -0.4 is 0 Å². The average Bonchev–Trinajstić information content (AvgIpc) is 2.18. The second-order valence-corrected chi connectivity index (χ2v) is 1.91. The maximum Gasteiger partial charge on any atom is 0.0929 e. The van der Waals surface area contributed by atoms with E-state index in [9.17, 15) is 0 Å². The molecule has 2 nitrogen and oxygen atoms in total. The topological polar surface area (TPSA) is 28.7 Å². The summed E-state index contributed by atoms with van der Waals surface area (Å²) in [5.41, 5.74) is 2.14. The summed E-state index contributed by atoms with van der Waals surface area (Å²) < 4.78 is 0. The van der Waals surface area contributed by atoms with E-state index in [1.165, 1.54) is 0 Å². The fourth-order valence-electron chi connectivity index (χ4n) is 0.695. The van der Waals surface area contributed by atoms with Crippen LogP contribution in [0.15, 0.2) is 12.4 Å². The highest BCUT2D eigenvalue weighted by atomic mass is 14.9. The molecule has 0 spiro atoms. The number of aromatic nitrogens is 2. The van der Waals surface area contributed by atoms with Gasteiger partial charge in [0.1, 0.15) is 0 Å². The van der Waals surface area contributed by atoms with E-state index in [2.05, 4.69) is 9.97 Å². The molecule has 0 aliphatic rings. The first-order chi connectivity index (χ1) is 4.34. The first kappa shape index (κ1) is 6.08. The molecule has 1 N–H and O–H groups in total. The number of allylic oxidation sites excluding steroid dienone is 1. The van der Waals surface area contributed by atoms with E-state index in [1.807, 2.05) is 26.0 Å². The summed E-state index contributed by atoms with van der Waals surface area (Å²) >= 11 is 0. The highest BCUT2D eigenvalue weighted by molar-refractivity contribution is 5.45. The lowest BCUT2D eigenvalue weighted by Gasteiger charge is -1.83. The van der Waals surface area contributed by atoms with Crippen molar-refractivity contribution in [3.8, 4) is 0 Å². The fraction of sp³-hybridized carbons (Fsp3) is 0.286. The van der Waals surface area contributed by atoms with E-state index >= 15 is 0 Å². The van der Waals surface area contributed by atoms with Gasteiger partial charge in [0.05, 0.1) is 12.0 Å². The van der Waals surface area contributed by atoms with Gasteiger partial charge in [-0.25, -0.2) is 4.98 Å². The Labute approximate surface area is 54.6 Å². The number of H-pyrrole nitrogens is 1. The number of aromatic amines is 1. The van der Waals surface area contributed by atoms with Crippen molar-refractivity contribution in [1.82, 2.24) is 9.97 Å². The molecule has 0 aliphatic carbocycles. The van der Waals surface area contributed by atoms with Crippen LogP contribution in [0.5, 0.6) is 0 Å². The fourth-order valence-corrected chi connectivity index (χ4v) is 0.695. The number of nitrogens with one attached hydrogen (secondary N) is 1. The van der Waals surface area contributed by atoms with Crippen molar-refractivity contribution in [1.29, 1.82) is 0 Å². The molecule has 0 bridgehead atoms. The molecule has 0 saturated heterocycles. The third-order valence-corrected chi connectivity index (χ3v) is 1.19. The average molecular weight is 122 g/mol. The zero-order chi connectivity index (χ0) is 6.69. The Hall–Kier alpha value is -1.05. The van der Waals surface area contributed by atoms with Gasteiger partial charge in [-0.1, -0.05) is 6.08 Å². The number of hydrogen-bond acceptors (Lipinski definition) is 1. The molecule has 0 saturated carbocycles. The first-order valence-corrected chi connectivity index (χ1v) is 2.97. The molecule has 1 rings (SSSR count). The van der Waals surface area contributed by atoms with Crippen LogP contribution in [0.4, 0.5) is 0 Å². The minimum Gasteiger partial charge on any atom is -0.348 e. The molecular weight excluding hydrogens is 112 g/mol. The van der Waals surface area contributed by atoms with Crippen LogP contribution in [-0.4, -0.2) is 9.97 Å². The minimum atomic E-state index is 1.03. The van der Waals surface area contributed by atoms with Crippen molar-refractivity contribution >= 4 is 6.08 Å². The van der Waals surface area contributed by atoms with Crippen LogP contribution in [0.2, 0.25) is 0 Å². The quantitative estimate of drug-likeness (QED) is 0.604. The normalized spacial score (nSPS) is 10.9. The van der Waals surface area contributed by atoms with Crippen LogP contribution >= 0.6 is 0 Å². The smallest absolute Gasteiger partial charge is 0.0929 e. The van der Waals surface area contributed by atoms with Gasteiger partial charge in [-0.15, -0.1) is 0 Å². The molecule has 1 heterocycles. The summed E-state index contributed by atoms with van der Waals surface area (Å²) in [7, 11) is 0. The minimum absolute atomic E-state index is 1.03. The number of nitrogens with zero attached hydrogens (tertiary/aromatic N) is 1. The summed E-state index contributed by atoms with van der Waals surface area (Å²) in [6.07, 6.45) is 5.65. The zero-order valence-corrected chi connectivity index (χ0v) is 5.68. The van der Waals surface area contributed by atoms with Crippen molar-refractivity contribution < 1.29 is 0 Å². The molecule has 2 heteroatoms. The lowest BCUT2D eigenvalue weighted by molar-refractivity contribution is 1.25.